The van der Waals surface area contributed by atoms with E-state index >= 15 is 0 Å². The van der Waals surface area contributed by atoms with Crippen LogP contribution < -0.4 is 10.4 Å². The fraction of sp³-hybridized carbons (Fsp3) is 0.300. The number of rotatable bonds is 1. The zero-order valence-corrected chi connectivity index (χ0v) is 8.21. The molecule has 16 heavy (non-hydrogen) atoms. The second-order valence-corrected chi connectivity index (χ2v) is 3.44. The zero-order valence-electron chi connectivity index (χ0n) is 8.21. The molecule has 1 fully saturated rings. The summed E-state index contributed by atoms with van der Waals surface area (Å²) in [5.41, 5.74) is 2.18. The standard InChI is InChI=1S/C10H9F3N2O/c11-10(12,13)7-2-1-3-8(6-7)15-9(16)4-5-14-15/h1-3,6,14H,4-5H2. The Bertz CT molecular complexity index is 417. The van der Waals surface area contributed by atoms with Crippen molar-refractivity contribution in [2.45, 2.75) is 12.6 Å². The Morgan fingerprint density at radius 3 is 2.62 bits per heavy atom. The molecule has 1 aromatic carbocycles. The molecule has 1 saturated heterocycles. The smallest absolute Gasteiger partial charge is 0.273 e. The van der Waals surface area contributed by atoms with Crippen LogP contribution in [0.25, 0.3) is 0 Å². The third kappa shape index (κ3) is 2.01. The Morgan fingerprint density at radius 2 is 2.06 bits per heavy atom. The van der Waals surface area contributed by atoms with Crippen LogP contribution in [0.15, 0.2) is 24.3 Å². The van der Waals surface area contributed by atoms with Gasteiger partial charge in [0.25, 0.3) is 0 Å². The second-order valence-electron chi connectivity index (χ2n) is 3.44. The molecule has 1 heterocycles. The van der Waals surface area contributed by atoms with Crippen molar-refractivity contribution in [2.24, 2.45) is 0 Å². The molecule has 0 aromatic heterocycles. The van der Waals surface area contributed by atoms with E-state index in [1.807, 2.05) is 0 Å². The summed E-state index contributed by atoms with van der Waals surface area (Å²) in [6.45, 7) is 0.453. The molecule has 1 aliphatic rings. The van der Waals surface area contributed by atoms with E-state index in [0.717, 1.165) is 17.1 Å². The summed E-state index contributed by atoms with van der Waals surface area (Å²) in [4.78, 5) is 11.3. The van der Waals surface area contributed by atoms with Gasteiger partial charge in [-0.25, -0.2) is 10.4 Å². The van der Waals surface area contributed by atoms with Gasteiger partial charge in [0.1, 0.15) is 0 Å². The Morgan fingerprint density at radius 1 is 1.31 bits per heavy atom. The predicted octanol–water partition coefficient (Wildman–Crippen LogP) is 1.95. The maximum atomic E-state index is 12.4. The Balaban J connectivity index is 2.32. The van der Waals surface area contributed by atoms with E-state index in [2.05, 4.69) is 5.43 Å². The van der Waals surface area contributed by atoms with Crippen LogP contribution in [0.2, 0.25) is 0 Å². The first-order chi connectivity index (χ1) is 7.48. The minimum atomic E-state index is -4.39. The number of anilines is 1. The first kappa shape index (κ1) is 10.9. The maximum Gasteiger partial charge on any atom is 0.416 e. The van der Waals surface area contributed by atoms with Crippen molar-refractivity contribution in [3.63, 3.8) is 0 Å². The minimum Gasteiger partial charge on any atom is -0.273 e. The molecular formula is C10H9F3N2O. The largest absolute Gasteiger partial charge is 0.416 e. The number of alkyl halides is 3. The van der Waals surface area contributed by atoms with E-state index in [-0.39, 0.29) is 11.6 Å². The molecule has 1 amide bonds. The van der Waals surface area contributed by atoms with E-state index in [0.29, 0.717) is 13.0 Å². The molecule has 0 saturated carbocycles. The maximum absolute atomic E-state index is 12.4. The van der Waals surface area contributed by atoms with Crippen LogP contribution in [0.5, 0.6) is 0 Å². The molecule has 6 heteroatoms. The molecule has 86 valence electrons. The summed E-state index contributed by atoms with van der Waals surface area (Å²) in [6, 6.07) is 4.68. The molecule has 0 unspecified atom stereocenters. The molecule has 0 atom stereocenters. The summed E-state index contributed by atoms with van der Waals surface area (Å²) in [6.07, 6.45) is -4.09. The monoisotopic (exact) mass is 230 g/mol. The number of nitrogens with zero attached hydrogens (tertiary/aromatic N) is 1. The van der Waals surface area contributed by atoms with Crippen LogP contribution in [0.4, 0.5) is 18.9 Å². The summed E-state index contributed by atoms with van der Waals surface area (Å²) in [7, 11) is 0. The van der Waals surface area contributed by atoms with Crippen molar-refractivity contribution >= 4 is 11.6 Å². The van der Waals surface area contributed by atoms with Gasteiger partial charge in [0.15, 0.2) is 0 Å². The molecule has 1 N–H and O–H groups in total. The molecule has 0 spiro atoms. The van der Waals surface area contributed by atoms with E-state index in [4.69, 9.17) is 0 Å². The highest BCUT2D eigenvalue weighted by Gasteiger charge is 2.31. The van der Waals surface area contributed by atoms with Crippen molar-refractivity contribution in [3.8, 4) is 0 Å². The van der Waals surface area contributed by atoms with E-state index < -0.39 is 11.7 Å². The normalized spacial score (nSPS) is 16.9. The lowest BCUT2D eigenvalue weighted by Gasteiger charge is -2.17. The van der Waals surface area contributed by atoms with Crippen molar-refractivity contribution in [1.82, 2.24) is 5.43 Å². The van der Waals surface area contributed by atoms with Crippen molar-refractivity contribution in [1.29, 1.82) is 0 Å². The number of hydrazine groups is 1. The summed E-state index contributed by atoms with van der Waals surface area (Å²) < 4.78 is 37.3. The highest BCUT2D eigenvalue weighted by Crippen LogP contribution is 2.31. The van der Waals surface area contributed by atoms with E-state index in [9.17, 15) is 18.0 Å². The number of amides is 1. The zero-order chi connectivity index (χ0) is 11.8. The van der Waals surface area contributed by atoms with Crippen molar-refractivity contribution < 1.29 is 18.0 Å². The molecule has 3 nitrogen and oxygen atoms in total. The Hall–Kier alpha value is -1.56. The number of carbonyl (C=O) groups is 1. The SMILES string of the molecule is O=C1CCNN1c1cccc(C(F)(F)F)c1. The van der Waals surface area contributed by atoms with Crippen LogP contribution in [0.1, 0.15) is 12.0 Å². The van der Waals surface area contributed by atoms with Crippen LogP contribution in [-0.2, 0) is 11.0 Å². The summed E-state index contributed by atoms with van der Waals surface area (Å²) in [5, 5.41) is 1.15. The van der Waals surface area contributed by atoms with Gasteiger partial charge in [-0.2, -0.15) is 13.2 Å². The van der Waals surface area contributed by atoms with Gasteiger partial charge in [-0.05, 0) is 18.2 Å². The van der Waals surface area contributed by atoms with E-state index in [1.165, 1.54) is 12.1 Å². The van der Waals surface area contributed by atoms with Gasteiger partial charge in [-0.15, -0.1) is 0 Å². The first-order valence-electron chi connectivity index (χ1n) is 4.72. The molecule has 0 aliphatic carbocycles. The molecular weight excluding hydrogens is 221 g/mol. The third-order valence-corrected chi connectivity index (χ3v) is 2.29. The predicted molar refractivity (Wildman–Crippen MR) is 51.5 cm³/mol. The van der Waals surface area contributed by atoms with Crippen molar-refractivity contribution in [2.75, 3.05) is 11.6 Å². The molecule has 1 aromatic rings. The fourth-order valence-corrected chi connectivity index (χ4v) is 1.53. The van der Waals surface area contributed by atoms with Crippen LogP contribution in [0.3, 0.4) is 0 Å². The van der Waals surface area contributed by atoms with Gasteiger partial charge < -0.3 is 0 Å². The van der Waals surface area contributed by atoms with Gasteiger partial charge >= 0.3 is 6.18 Å². The summed E-state index contributed by atoms with van der Waals surface area (Å²) in [5.74, 6) is -0.223. The van der Waals surface area contributed by atoms with Gasteiger partial charge in [0.05, 0.1) is 11.3 Å². The fourth-order valence-electron chi connectivity index (χ4n) is 1.53. The van der Waals surface area contributed by atoms with Crippen LogP contribution >= 0.6 is 0 Å². The number of nitrogens with one attached hydrogen (secondary N) is 1. The van der Waals surface area contributed by atoms with Crippen LogP contribution in [0, 0.1) is 0 Å². The quantitative estimate of drug-likeness (QED) is 0.799. The Labute approximate surface area is 89.8 Å². The molecule has 0 bridgehead atoms. The molecule has 1 aliphatic heterocycles. The molecule has 0 radical (unpaired) electrons. The van der Waals surface area contributed by atoms with Crippen molar-refractivity contribution in [3.05, 3.63) is 29.8 Å². The minimum absolute atomic E-state index is 0.220. The second kappa shape index (κ2) is 3.79. The number of halogens is 3. The average molecular weight is 230 g/mol. The topological polar surface area (TPSA) is 32.3 Å². The van der Waals surface area contributed by atoms with Crippen LogP contribution in [-0.4, -0.2) is 12.5 Å². The average Bonchev–Trinajstić information content (AvgIpc) is 2.63. The van der Waals surface area contributed by atoms with Gasteiger partial charge in [-0.3, -0.25) is 4.79 Å². The third-order valence-electron chi connectivity index (χ3n) is 2.29. The first-order valence-corrected chi connectivity index (χ1v) is 4.72. The highest BCUT2D eigenvalue weighted by molar-refractivity contribution is 5.94. The number of carbonyl (C=O) groups excluding carboxylic acids is 1. The highest BCUT2D eigenvalue weighted by atomic mass is 19.4. The Kier molecular flexibility index (Phi) is 2.59. The number of hydrogen-bond acceptors (Lipinski definition) is 2. The number of benzene rings is 1. The summed E-state index contributed by atoms with van der Waals surface area (Å²) >= 11 is 0. The van der Waals surface area contributed by atoms with Gasteiger partial charge in [0.2, 0.25) is 5.91 Å². The van der Waals surface area contributed by atoms with E-state index in [1.54, 1.807) is 0 Å². The van der Waals surface area contributed by atoms with Gasteiger partial charge in [-0.1, -0.05) is 6.07 Å². The molecule has 2 rings (SSSR count). The lowest BCUT2D eigenvalue weighted by molar-refractivity contribution is -0.137. The van der Waals surface area contributed by atoms with Gasteiger partial charge in [0, 0.05) is 13.0 Å². The lowest BCUT2D eigenvalue weighted by Crippen LogP contribution is -2.34. The lowest BCUT2D eigenvalue weighted by atomic mass is 10.2. The number of hydrogen-bond donors (Lipinski definition) is 1.